The topological polar surface area (TPSA) is 55.3 Å². The summed E-state index contributed by atoms with van der Waals surface area (Å²) >= 11 is 0. The number of ether oxygens (including phenoxy) is 3. The predicted octanol–water partition coefficient (Wildman–Crippen LogP) is 3.85. The molecular weight excluding hydrogens is 390 g/mol. The van der Waals surface area contributed by atoms with Gasteiger partial charge < -0.3 is 24.4 Å². The number of hydrogen-bond acceptors (Lipinski definition) is 4. The minimum atomic E-state index is 0.00418. The highest BCUT2D eigenvalue weighted by atomic mass is 16.5. The first-order valence-corrected chi connectivity index (χ1v) is 11.0. The average Bonchev–Trinajstić information content (AvgIpc) is 2.81. The van der Waals surface area contributed by atoms with Crippen LogP contribution in [-0.2, 0) is 16.7 Å². The Morgan fingerprint density at radius 1 is 1.13 bits per heavy atom. The summed E-state index contributed by atoms with van der Waals surface area (Å²) in [6.07, 6.45) is 1.95. The number of methoxy groups -OCH3 is 1. The maximum atomic E-state index is 5.69. The highest BCUT2D eigenvalue weighted by Gasteiger charge is 2.35. The maximum Gasteiger partial charge on any atom is 0.193 e. The number of nitrogens with one attached hydrogen (secondary N) is 1. The second kappa shape index (κ2) is 11.0. The number of benzene rings is 2. The molecule has 0 aliphatic carbocycles. The summed E-state index contributed by atoms with van der Waals surface area (Å²) in [5.41, 5.74) is 2.45. The van der Waals surface area contributed by atoms with E-state index in [1.807, 2.05) is 32.2 Å². The summed E-state index contributed by atoms with van der Waals surface area (Å²) in [5.74, 6) is 2.66. The summed E-state index contributed by atoms with van der Waals surface area (Å²) in [5, 5.41) is 3.62. The fraction of sp³-hybridized carbons (Fsp3) is 0.480. The lowest BCUT2D eigenvalue weighted by Gasteiger charge is -2.39. The van der Waals surface area contributed by atoms with Gasteiger partial charge in [0.1, 0.15) is 11.5 Å². The van der Waals surface area contributed by atoms with Crippen molar-refractivity contribution in [2.45, 2.75) is 31.7 Å². The normalized spacial score (nSPS) is 15.9. The first-order valence-electron chi connectivity index (χ1n) is 11.0. The lowest BCUT2D eigenvalue weighted by molar-refractivity contribution is 0.0512. The van der Waals surface area contributed by atoms with Crippen LogP contribution in [0.15, 0.2) is 53.5 Å². The highest BCUT2D eigenvalue weighted by molar-refractivity contribution is 5.79. The molecule has 1 saturated heterocycles. The van der Waals surface area contributed by atoms with Gasteiger partial charge in [-0.2, -0.15) is 0 Å². The summed E-state index contributed by atoms with van der Waals surface area (Å²) in [4.78, 5) is 6.65. The van der Waals surface area contributed by atoms with Crippen molar-refractivity contribution < 1.29 is 14.2 Å². The summed E-state index contributed by atoms with van der Waals surface area (Å²) in [6, 6.07) is 16.6. The van der Waals surface area contributed by atoms with E-state index < -0.39 is 0 Å². The van der Waals surface area contributed by atoms with Crippen LogP contribution in [0, 0.1) is 0 Å². The monoisotopic (exact) mass is 425 g/mol. The summed E-state index contributed by atoms with van der Waals surface area (Å²) in [7, 11) is 5.58. The van der Waals surface area contributed by atoms with Gasteiger partial charge in [-0.05, 0) is 43.5 Å². The van der Waals surface area contributed by atoms with Crippen molar-refractivity contribution in [3.63, 3.8) is 0 Å². The molecule has 1 aliphatic heterocycles. The zero-order valence-corrected chi connectivity index (χ0v) is 19.2. The fourth-order valence-corrected chi connectivity index (χ4v) is 4.20. The third-order valence-corrected chi connectivity index (χ3v) is 5.99. The Morgan fingerprint density at radius 2 is 1.84 bits per heavy atom. The zero-order valence-electron chi connectivity index (χ0n) is 19.2. The molecule has 1 heterocycles. The molecular formula is C25H35N3O3. The molecule has 6 heteroatoms. The Morgan fingerprint density at radius 3 is 2.48 bits per heavy atom. The lowest BCUT2D eigenvalue weighted by atomic mass is 9.74. The SMILES string of the molecule is CCOc1ccc(C2(CNC(=NC)N(C)Cc3ccccc3OC)CCOCC2)cc1. The molecule has 2 aromatic rings. The van der Waals surface area contributed by atoms with E-state index in [-0.39, 0.29) is 5.41 Å². The molecule has 0 unspecified atom stereocenters. The molecule has 0 radical (unpaired) electrons. The Balaban J connectivity index is 1.72. The van der Waals surface area contributed by atoms with Gasteiger partial charge in [0.15, 0.2) is 5.96 Å². The Kier molecular flexibility index (Phi) is 8.18. The van der Waals surface area contributed by atoms with E-state index in [0.717, 1.165) is 55.6 Å². The van der Waals surface area contributed by atoms with E-state index in [1.165, 1.54) is 5.56 Å². The van der Waals surface area contributed by atoms with Gasteiger partial charge in [0, 0.05) is 51.4 Å². The molecule has 1 fully saturated rings. The zero-order chi connectivity index (χ0) is 22.1. The van der Waals surface area contributed by atoms with Crippen LogP contribution in [0.25, 0.3) is 0 Å². The van der Waals surface area contributed by atoms with Gasteiger partial charge in [-0.25, -0.2) is 0 Å². The van der Waals surface area contributed by atoms with Crippen LogP contribution in [0.1, 0.15) is 30.9 Å². The Hall–Kier alpha value is -2.73. The van der Waals surface area contributed by atoms with Crippen LogP contribution in [0.2, 0.25) is 0 Å². The van der Waals surface area contributed by atoms with Crippen LogP contribution in [0.5, 0.6) is 11.5 Å². The van der Waals surface area contributed by atoms with E-state index in [1.54, 1.807) is 7.11 Å². The van der Waals surface area contributed by atoms with Crippen molar-refractivity contribution in [3.8, 4) is 11.5 Å². The van der Waals surface area contributed by atoms with Gasteiger partial charge in [-0.1, -0.05) is 30.3 Å². The fourth-order valence-electron chi connectivity index (χ4n) is 4.20. The average molecular weight is 426 g/mol. The largest absolute Gasteiger partial charge is 0.496 e. The van der Waals surface area contributed by atoms with E-state index >= 15 is 0 Å². The Labute approximate surface area is 186 Å². The third-order valence-electron chi connectivity index (χ3n) is 5.99. The molecule has 0 atom stereocenters. The molecule has 0 aromatic heterocycles. The second-order valence-corrected chi connectivity index (χ2v) is 7.92. The lowest BCUT2D eigenvalue weighted by Crippen LogP contribution is -2.48. The second-order valence-electron chi connectivity index (χ2n) is 7.92. The van der Waals surface area contributed by atoms with Crippen molar-refractivity contribution >= 4 is 5.96 Å². The van der Waals surface area contributed by atoms with Crippen molar-refractivity contribution in [1.29, 1.82) is 0 Å². The molecule has 1 aliphatic rings. The van der Waals surface area contributed by atoms with Crippen LogP contribution in [-0.4, -0.2) is 58.4 Å². The van der Waals surface area contributed by atoms with Gasteiger partial charge in [0.2, 0.25) is 0 Å². The number of nitrogens with zero attached hydrogens (tertiary/aromatic N) is 2. The minimum absolute atomic E-state index is 0.00418. The van der Waals surface area contributed by atoms with Crippen molar-refractivity contribution in [3.05, 3.63) is 59.7 Å². The van der Waals surface area contributed by atoms with Crippen molar-refractivity contribution in [1.82, 2.24) is 10.2 Å². The van der Waals surface area contributed by atoms with E-state index in [9.17, 15) is 0 Å². The first kappa shape index (κ1) is 22.9. The smallest absolute Gasteiger partial charge is 0.193 e. The van der Waals surface area contributed by atoms with Crippen molar-refractivity contribution in [2.75, 3.05) is 47.6 Å². The number of para-hydroxylation sites is 1. The van der Waals surface area contributed by atoms with Gasteiger partial charge in [0.25, 0.3) is 0 Å². The molecule has 1 N–H and O–H groups in total. The molecule has 31 heavy (non-hydrogen) atoms. The number of aliphatic imine (C=N–C) groups is 1. The van der Waals surface area contributed by atoms with Gasteiger partial charge in [-0.15, -0.1) is 0 Å². The molecule has 2 aromatic carbocycles. The maximum absolute atomic E-state index is 5.69. The number of hydrogen-bond donors (Lipinski definition) is 1. The summed E-state index contributed by atoms with van der Waals surface area (Å²) < 4.78 is 16.8. The van der Waals surface area contributed by atoms with Gasteiger partial charge in [0.05, 0.1) is 13.7 Å². The van der Waals surface area contributed by atoms with Crippen LogP contribution >= 0.6 is 0 Å². The molecule has 168 valence electrons. The standard InChI is InChI=1S/C25H35N3O3/c1-5-31-22-12-10-21(11-13-22)25(14-16-30-17-15-25)19-27-24(26-2)28(3)18-20-8-6-7-9-23(20)29-4/h6-13H,5,14-19H2,1-4H3,(H,26,27). The molecule has 0 amide bonds. The van der Waals surface area contributed by atoms with Crippen LogP contribution in [0.3, 0.4) is 0 Å². The molecule has 6 nitrogen and oxygen atoms in total. The molecule has 0 spiro atoms. The minimum Gasteiger partial charge on any atom is -0.496 e. The van der Waals surface area contributed by atoms with E-state index in [0.29, 0.717) is 13.2 Å². The number of rotatable bonds is 8. The van der Waals surface area contributed by atoms with Crippen LogP contribution in [0.4, 0.5) is 0 Å². The molecule has 0 saturated carbocycles. The quantitative estimate of drug-likeness (QED) is 0.514. The van der Waals surface area contributed by atoms with Gasteiger partial charge >= 0.3 is 0 Å². The molecule has 0 bridgehead atoms. The number of guanidine groups is 1. The predicted molar refractivity (Wildman–Crippen MR) is 125 cm³/mol. The third kappa shape index (κ3) is 5.70. The highest BCUT2D eigenvalue weighted by Crippen LogP contribution is 2.35. The van der Waals surface area contributed by atoms with Crippen LogP contribution < -0.4 is 14.8 Å². The van der Waals surface area contributed by atoms with Crippen molar-refractivity contribution in [2.24, 2.45) is 4.99 Å². The molecule has 3 rings (SSSR count). The Bertz CT molecular complexity index is 845. The van der Waals surface area contributed by atoms with Gasteiger partial charge in [-0.3, -0.25) is 4.99 Å². The van der Waals surface area contributed by atoms with E-state index in [4.69, 9.17) is 14.2 Å². The summed E-state index contributed by atoms with van der Waals surface area (Å²) in [6.45, 7) is 5.73. The van der Waals surface area contributed by atoms with E-state index in [2.05, 4.69) is 52.6 Å². The first-order chi connectivity index (χ1) is 15.1.